The maximum Gasteiger partial charge on any atom is 0.240 e. The van der Waals surface area contributed by atoms with Gasteiger partial charge in [-0.3, -0.25) is 0 Å². The van der Waals surface area contributed by atoms with Crippen LogP contribution in [0, 0.1) is 0 Å². The van der Waals surface area contributed by atoms with Crippen molar-refractivity contribution in [3.05, 3.63) is 96.4 Å². The molecular formula is C36H38BNOSi2. The number of anilines is 2. The second-order valence-electron chi connectivity index (χ2n) is 13.0. The van der Waals surface area contributed by atoms with Crippen molar-refractivity contribution >= 4 is 71.4 Å². The van der Waals surface area contributed by atoms with Crippen LogP contribution in [0.25, 0.3) is 0 Å². The van der Waals surface area contributed by atoms with Gasteiger partial charge in [-0.1, -0.05) is 137 Å². The topological polar surface area (TPSA) is 12.5 Å². The Morgan fingerprint density at radius 2 is 1.44 bits per heavy atom. The average molecular weight is 568 g/mol. The molecular weight excluding hydrogens is 529 g/mol. The van der Waals surface area contributed by atoms with Crippen molar-refractivity contribution in [1.29, 1.82) is 0 Å². The highest BCUT2D eigenvalue weighted by Gasteiger charge is 2.51. The molecule has 3 heterocycles. The van der Waals surface area contributed by atoms with E-state index in [1.165, 1.54) is 47.8 Å². The lowest BCUT2D eigenvalue weighted by Gasteiger charge is -2.47. The molecule has 0 fully saturated rings. The van der Waals surface area contributed by atoms with Crippen LogP contribution in [0.15, 0.2) is 96.4 Å². The van der Waals surface area contributed by atoms with Crippen LogP contribution < -0.4 is 46.8 Å². The van der Waals surface area contributed by atoms with E-state index in [2.05, 4.69) is 117 Å². The van der Waals surface area contributed by atoms with Crippen LogP contribution in [0.1, 0.15) is 39.5 Å². The molecule has 0 atom stereocenters. The van der Waals surface area contributed by atoms with Gasteiger partial charge in [-0.2, -0.15) is 0 Å². The lowest BCUT2D eigenvalue weighted by Crippen LogP contribution is -2.87. The molecule has 4 aromatic rings. The number of para-hydroxylation sites is 2. The summed E-state index contributed by atoms with van der Waals surface area (Å²) in [5, 5.41) is 6.66. The minimum atomic E-state index is -1.98. The van der Waals surface area contributed by atoms with Gasteiger partial charge in [0.25, 0.3) is 0 Å². The van der Waals surface area contributed by atoms with Gasteiger partial charge in [0.05, 0.1) is 11.4 Å². The number of rotatable bonds is 3. The Labute approximate surface area is 247 Å². The molecule has 2 nitrogen and oxygen atoms in total. The van der Waals surface area contributed by atoms with Crippen LogP contribution in [0.4, 0.5) is 11.4 Å². The number of allylic oxidation sites excluding steroid dienone is 2. The zero-order valence-corrected chi connectivity index (χ0v) is 26.8. The minimum Gasteiger partial charge on any atom is -0.458 e. The maximum absolute atomic E-state index is 6.47. The van der Waals surface area contributed by atoms with E-state index in [0.29, 0.717) is 6.71 Å². The predicted octanol–water partition coefficient (Wildman–Crippen LogP) is 4.57. The highest BCUT2D eigenvalue weighted by atomic mass is 28.3. The first kappa shape index (κ1) is 25.4. The van der Waals surface area contributed by atoms with Crippen LogP contribution in [0.3, 0.4) is 0 Å². The molecule has 0 amide bonds. The van der Waals surface area contributed by atoms with Crippen molar-refractivity contribution in [1.82, 2.24) is 0 Å². The minimum absolute atomic E-state index is 0.335. The van der Waals surface area contributed by atoms with E-state index in [9.17, 15) is 0 Å². The number of ether oxygens (including phenoxy) is 1. The zero-order chi connectivity index (χ0) is 27.9. The quantitative estimate of drug-likeness (QED) is 0.337. The van der Waals surface area contributed by atoms with Crippen molar-refractivity contribution in [2.24, 2.45) is 0 Å². The third-order valence-electron chi connectivity index (χ3n) is 10.9. The summed E-state index contributed by atoms with van der Waals surface area (Å²) in [7, 11) is -3.79. The van der Waals surface area contributed by atoms with Crippen LogP contribution in [-0.4, -0.2) is 22.9 Å². The van der Waals surface area contributed by atoms with Gasteiger partial charge in [-0.15, -0.1) is 0 Å². The molecule has 3 aliphatic heterocycles. The van der Waals surface area contributed by atoms with Crippen molar-refractivity contribution in [2.75, 3.05) is 4.90 Å². The summed E-state index contributed by atoms with van der Waals surface area (Å²) in [6, 6.07) is 35.6. The fourth-order valence-electron chi connectivity index (χ4n) is 8.79. The highest BCUT2D eigenvalue weighted by molar-refractivity contribution is 7.21. The van der Waals surface area contributed by atoms with E-state index in [-0.39, 0.29) is 0 Å². The molecule has 204 valence electrons. The van der Waals surface area contributed by atoms with Crippen molar-refractivity contribution in [3.63, 3.8) is 0 Å². The first-order valence-electron chi connectivity index (χ1n) is 15.7. The zero-order valence-electron chi connectivity index (χ0n) is 24.8. The third kappa shape index (κ3) is 3.36. The fraction of sp³-hybridized carbons (Fsp3) is 0.278. The summed E-state index contributed by atoms with van der Waals surface area (Å²) in [5.41, 5.74) is 8.65. The van der Waals surface area contributed by atoms with Crippen LogP contribution in [0.2, 0.25) is 25.2 Å². The Morgan fingerprint density at radius 3 is 2.29 bits per heavy atom. The lowest BCUT2D eigenvalue weighted by atomic mass is 9.36. The maximum atomic E-state index is 6.47. The van der Waals surface area contributed by atoms with Gasteiger partial charge in [0.15, 0.2) is 5.75 Å². The van der Waals surface area contributed by atoms with E-state index >= 15 is 0 Å². The second-order valence-corrected chi connectivity index (χ2v) is 21.9. The van der Waals surface area contributed by atoms with Gasteiger partial charge in [-0.05, 0) is 43.5 Å². The Bertz CT molecular complexity index is 1750. The van der Waals surface area contributed by atoms with Gasteiger partial charge in [0.1, 0.15) is 21.9 Å². The lowest BCUT2D eigenvalue weighted by molar-refractivity contribution is 0.363. The highest BCUT2D eigenvalue weighted by Crippen LogP contribution is 2.46. The van der Waals surface area contributed by atoms with E-state index < -0.39 is 16.1 Å². The summed E-state index contributed by atoms with van der Waals surface area (Å²) in [6.45, 7) is 10.4. The Hall–Kier alpha value is -3.28. The Balaban J connectivity index is 1.38. The van der Waals surface area contributed by atoms with Gasteiger partial charge >= 0.3 is 0 Å². The average Bonchev–Trinajstić information content (AvgIpc) is 3.01. The molecule has 0 bridgehead atoms. The summed E-state index contributed by atoms with van der Waals surface area (Å²) < 4.78 is 6.47. The Morgan fingerprint density at radius 1 is 0.732 bits per heavy atom. The van der Waals surface area contributed by atoms with Crippen LogP contribution >= 0.6 is 0 Å². The summed E-state index contributed by atoms with van der Waals surface area (Å²) in [6.07, 6.45) is 4.53. The number of hydrogen-bond acceptors (Lipinski definition) is 2. The molecule has 41 heavy (non-hydrogen) atoms. The first-order valence-corrected chi connectivity index (χ1v) is 21.1. The second kappa shape index (κ2) is 9.11. The number of hydrogen-bond donors (Lipinski definition) is 0. The monoisotopic (exact) mass is 567 g/mol. The standard InChI is InChI=1S/C36H38BNOSi2/c1-5-41(6-2)32-19-12-7-14-26(32)37-27-23-22-25(24-35(27)40(3,4)33-20-13-21-34(41)36(33)37)38-28-15-8-10-17-30(28)39-31-18-11-9-16-29(31)38/h7-8,10,12-15,17,19-24H,5-6,9,11,16,18H2,1-4H3. The van der Waals surface area contributed by atoms with Crippen molar-refractivity contribution in [3.8, 4) is 5.75 Å². The van der Waals surface area contributed by atoms with E-state index in [0.717, 1.165) is 18.6 Å². The van der Waals surface area contributed by atoms with Gasteiger partial charge < -0.3 is 9.64 Å². The van der Waals surface area contributed by atoms with E-state index in [1.807, 2.05) is 0 Å². The predicted molar refractivity (Wildman–Crippen MR) is 181 cm³/mol. The first-order chi connectivity index (χ1) is 20.0. The fourth-order valence-corrected chi connectivity index (χ4v) is 16.8. The van der Waals surface area contributed by atoms with Gasteiger partial charge in [0.2, 0.25) is 6.71 Å². The number of fused-ring (bicyclic) bond motifs is 5. The van der Waals surface area contributed by atoms with Crippen molar-refractivity contribution < 1.29 is 4.74 Å². The molecule has 0 saturated carbocycles. The molecule has 0 unspecified atom stereocenters. The molecule has 0 saturated heterocycles. The van der Waals surface area contributed by atoms with E-state index in [1.54, 1.807) is 37.1 Å². The van der Waals surface area contributed by atoms with Crippen LogP contribution in [0.5, 0.6) is 5.75 Å². The molecule has 0 spiro atoms. The van der Waals surface area contributed by atoms with Gasteiger partial charge in [-0.25, -0.2) is 0 Å². The third-order valence-corrected chi connectivity index (χ3v) is 19.8. The Kier molecular flexibility index (Phi) is 5.65. The number of nitrogens with zero attached hydrogens (tertiary/aromatic N) is 1. The molecule has 1 aliphatic carbocycles. The molecule has 0 radical (unpaired) electrons. The van der Waals surface area contributed by atoms with Crippen molar-refractivity contribution in [2.45, 2.75) is 64.7 Å². The SMILES string of the molecule is CC[Si]1(CC)c2ccccc2B2c3ccc(N4C5=C(CCCC5)Oc5ccccc54)cc3[Si](C)(C)c3cccc1c32. The normalized spacial score (nSPS) is 18.9. The molecule has 4 aliphatic rings. The summed E-state index contributed by atoms with van der Waals surface area (Å²) >= 11 is 0. The molecule has 0 N–H and O–H groups in total. The summed E-state index contributed by atoms with van der Waals surface area (Å²) in [5.74, 6) is 2.15. The smallest absolute Gasteiger partial charge is 0.240 e. The number of benzene rings is 4. The molecule has 5 heteroatoms. The molecule has 4 aromatic carbocycles. The molecule has 8 rings (SSSR count). The van der Waals surface area contributed by atoms with Crippen LogP contribution in [-0.2, 0) is 0 Å². The largest absolute Gasteiger partial charge is 0.458 e. The van der Waals surface area contributed by atoms with Gasteiger partial charge in [0, 0.05) is 12.1 Å². The summed E-state index contributed by atoms with van der Waals surface area (Å²) in [4.78, 5) is 2.53. The molecule has 0 aromatic heterocycles. The van der Waals surface area contributed by atoms with E-state index in [4.69, 9.17) is 4.74 Å².